The van der Waals surface area contributed by atoms with Crippen molar-refractivity contribution in [1.29, 1.82) is 0 Å². The quantitative estimate of drug-likeness (QED) is 0.827. The van der Waals surface area contributed by atoms with Gasteiger partial charge in [-0.05, 0) is 44.0 Å². The van der Waals surface area contributed by atoms with E-state index in [2.05, 4.69) is 10.3 Å². The lowest BCUT2D eigenvalue weighted by Crippen LogP contribution is -2.35. The van der Waals surface area contributed by atoms with Crippen LogP contribution in [-0.2, 0) is 9.53 Å². The lowest BCUT2D eigenvalue weighted by atomic mass is 10.2. The molecule has 7 heteroatoms. The van der Waals surface area contributed by atoms with Crippen LogP contribution in [0, 0.1) is 12.7 Å². The molecule has 2 aromatic rings. The summed E-state index contributed by atoms with van der Waals surface area (Å²) in [4.78, 5) is 28.7. The van der Waals surface area contributed by atoms with E-state index < -0.39 is 5.97 Å². The zero-order chi connectivity index (χ0) is 17.8. The van der Waals surface area contributed by atoms with Crippen molar-refractivity contribution in [1.82, 2.24) is 10.3 Å². The van der Waals surface area contributed by atoms with E-state index >= 15 is 0 Å². The molecule has 0 spiro atoms. The molecule has 132 valence electrons. The van der Waals surface area contributed by atoms with Gasteiger partial charge in [-0.3, -0.25) is 4.79 Å². The second kappa shape index (κ2) is 7.74. The van der Waals surface area contributed by atoms with Crippen molar-refractivity contribution >= 4 is 23.2 Å². The van der Waals surface area contributed by atoms with Crippen LogP contribution in [-0.4, -0.2) is 29.5 Å². The molecule has 1 N–H and O–H groups in total. The van der Waals surface area contributed by atoms with Gasteiger partial charge in [-0.2, -0.15) is 0 Å². The minimum Gasteiger partial charge on any atom is -0.451 e. The fourth-order valence-corrected chi connectivity index (χ4v) is 3.80. The minimum atomic E-state index is -0.565. The van der Waals surface area contributed by atoms with Crippen molar-refractivity contribution in [2.24, 2.45) is 0 Å². The van der Waals surface area contributed by atoms with E-state index in [4.69, 9.17) is 4.74 Å². The highest BCUT2D eigenvalue weighted by molar-refractivity contribution is 7.17. The van der Waals surface area contributed by atoms with Crippen LogP contribution in [0.2, 0.25) is 0 Å². The Labute approximate surface area is 149 Å². The normalized spacial score (nSPS) is 14.5. The number of nitrogens with one attached hydrogen (secondary N) is 1. The Kier molecular flexibility index (Phi) is 5.43. The van der Waals surface area contributed by atoms with E-state index in [0.29, 0.717) is 15.6 Å². The van der Waals surface area contributed by atoms with E-state index in [0.717, 1.165) is 31.2 Å². The van der Waals surface area contributed by atoms with E-state index in [1.807, 2.05) is 0 Å². The molecule has 3 rings (SSSR count). The summed E-state index contributed by atoms with van der Waals surface area (Å²) >= 11 is 1.17. The lowest BCUT2D eigenvalue weighted by molar-refractivity contribution is -0.124. The molecular weight excluding hydrogens is 343 g/mol. The molecule has 1 amide bonds. The molecule has 1 aromatic heterocycles. The molecule has 1 heterocycles. The molecule has 0 saturated heterocycles. The topological polar surface area (TPSA) is 68.3 Å². The van der Waals surface area contributed by atoms with Crippen molar-refractivity contribution in [3.63, 3.8) is 0 Å². The van der Waals surface area contributed by atoms with Gasteiger partial charge < -0.3 is 10.1 Å². The van der Waals surface area contributed by atoms with Crippen LogP contribution in [0.3, 0.4) is 0 Å². The van der Waals surface area contributed by atoms with Gasteiger partial charge in [0.2, 0.25) is 0 Å². The van der Waals surface area contributed by atoms with Crippen molar-refractivity contribution < 1.29 is 18.7 Å². The number of aryl methyl sites for hydroxylation is 1. The van der Waals surface area contributed by atoms with Crippen LogP contribution in [0.4, 0.5) is 4.39 Å². The molecule has 5 nitrogen and oxygen atoms in total. The van der Waals surface area contributed by atoms with Crippen LogP contribution >= 0.6 is 11.3 Å². The summed E-state index contributed by atoms with van der Waals surface area (Å²) in [5.74, 6) is -1.17. The molecule has 1 aliphatic rings. The standard InChI is InChI=1S/C18H19FN2O3S/c1-11-16(25-17(20-11)12-6-8-13(19)9-7-12)18(23)24-10-15(22)21-14-4-2-3-5-14/h6-9,14H,2-5,10H2,1H3,(H,21,22). The maximum Gasteiger partial charge on any atom is 0.350 e. The number of hydrogen-bond acceptors (Lipinski definition) is 5. The molecule has 0 unspecified atom stereocenters. The third-order valence-corrected chi connectivity index (χ3v) is 5.31. The number of hydrogen-bond donors (Lipinski definition) is 1. The molecule has 1 aromatic carbocycles. The number of amides is 1. The predicted molar refractivity (Wildman–Crippen MR) is 92.9 cm³/mol. The SMILES string of the molecule is Cc1nc(-c2ccc(F)cc2)sc1C(=O)OCC(=O)NC1CCCC1. The van der Waals surface area contributed by atoms with Gasteiger partial charge in [-0.1, -0.05) is 12.8 Å². The molecule has 0 atom stereocenters. The van der Waals surface area contributed by atoms with Gasteiger partial charge in [-0.25, -0.2) is 14.2 Å². The largest absolute Gasteiger partial charge is 0.451 e. The van der Waals surface area contributed by atoms with E-state index in [-0.39, 0.29) is 24.4 Å². The van der Waals surface area contributed by atoms with Crippen LogP contribution < -0.4 is 5.32 Å². The highest BCUT2D eigenvalue weighted by Gasteiger charge is 2.21. The maximum absolute atomic E-state index is 13.0. The first-order valence-electron chi connectivity index (χ1n) is 8.23. The monoisotopic (exact) mass is 362 g/mol. The highest BCUT2D eigenvalue weighted by atomic mass is 32.1. The second-order valence-corrected chi connectivity index (χ2v) is 7.06. The summed E-state index contributed by atoms with van der Waals surface area (Å²) in [6, 6.07) is 6.10. The molecule has 0 aliphatic heterocycles. The summed E-state index contributed by atoms with van der Waals surface area (Å²) in [6.07, 6.45) is 4.21. The number of rotatable bonds is 5. The summed E-state index contributed by atoms with van der Waals surface area (Å²) in [5, 5.41) is 3.48. The Morgan fingerprint density at radius 3 is 2.64 bits per heavy atom. The number of nitrogens with zero attached hydrogens (tertiary/aromatic N) is 1. The average molecular weight is 362 g/mol. The predicted octanol–water partition coefficient (Wildman–Crippen LogP) is 3.47. The van der Waals surface area contributed by atoms with Gasteiger partial charge in [0.05, 0.1) is 5.69 Å². The Balaban J connectivity index is 1.60. The lowest BCUT2D eigenvalue weighted by Gasteiger charge is -2.11. The molecule has 25 heavy (non-hydrogen) atoms. The van der Waals surface area contributed by atoms with Gasteiger partial charge in [-0.15, -0.1) is 11.3 Å². The summed E-state index contributed by atoms with van der Waals surface area (Å²) in [7, 11) is 0. The molecule has 1 aliphatic carbocycles. The third-order valence-electron chi connectivity index (χ3n) is 4.13. The van der Waals surface area contributed by atoms with Crippen molar-refractivity contribution in [2.45, 2.75) is 38.6 Å². The average Bonchev–Trinajstić information content (AvgIpc) is 3.23. The number of ether oxygens (including phenoxy) is 1. The van der Waals surface area contributed by atoms with E-state index in [9.17, 15) is 14.0 Å². The van der Waals surface area contributed by atoms with Gasteiger partial charge in [0, 0.05) is 11.6 Å². The van der Waals surface area contributed by atoms with E-state index in [1.165, 1.54) is 23.5 Å². The van der Waals surface area contributed by atoms with Gasteiger partial charge in [0.1, 0.15) is 15.7 Å². The maximum atomic E-state index is 13.0. The van der Waals surface area contributed by atoms with Gasteiger partial charge in [0.15, 0.2) is 6.61 Å². The van der Waals surface area contributed by atoms with Crippen molar-refractivity contribution in [3.8, 4) is 10.6 Å². The highest BCUT2D eigenvalue weighted by Crippen LogP contribution is 2.28. The number of thiazole rings is 1. The number of aromatic nitrogens is 1. The number of carbonyl (C=O) groups excluding carboxylic acids is 2. The van der Waals surface area contributed by atoms with Crippen molar-refractivity contribution in [2.75, 3.05) is 6.61 Å². The molecular formula is C18H19FN2O3S. The number of benzene rings is 1. The number of carbonyl (C=O) groups is 2. The second-order valence-electron chi connectivity index (χ2n) is 6.07. The third kappa shape index (κ3) is 4.42. The van der Waals surface area contributed by atoms with Crippen LogP contribution in [0.15, 0.2) is 24.3 Å². The zero-order valence-electron chi connectivity index (χ0n) is 13.9. The Morgan fingerprint density at radius 1 is 1.28 bits per heavy atom. The smallest absolute Gasteiger partial charge is 0.350 e. The number of esters is 1. The Hall–Kier alpha value is -2.28. The van der Waals surface area contributed by atoms with E-state index in [1.54, 1.807) is 19.1 Å². The van der Waals surface area contributed by atoms with Crippen LogP contribution in [0.25, 0.3) is 10.6 Å². The fraction of sp³-hybridized carbons (Fsp3) is 0.389. The van der Waals surface area contributed by atoms with Gasteiger partial charge in [0.25, 0.3) is 5.91 Å². The molecule has 0 bridgehead atoms. The zero-order valence-corrected chi connectivity index (χ0v) is 14.7. The molecule has 1 saturated carbocycles. The Bertz CT molecular complexity index is 767. The summed E-state index contributed by atoms with van der Waals surface area (Å²) in [5.41, 5.74) is 1.26. The first kappa shape index (κ1) is 17.5. The van der Waals surface area contributed by atoms with Gasteiger partial charge >= 0.3 is 5.97 Å². The molecule has 1 fully saturated rings. The van der Waals surface area contributed by atoms with Crippen molar-refractivity contribution in [3.05, 3.63) is 40.7 Å². The number of halogens is 1. The van der Waals surface area contributed by atoms with Crippen LogP contribution in [0.5, 0.6) is 0 Å². The first-order chi connectivity index (χ1) is 12.0. The fourth-order valence-electron chi connectivity index (χ4n) is 2.84. The Morgan fingerprint density at radius 2 is 1.96 bits per heavy atom. The first-order valence-corrected chi connectivity index (χ1v) is 9.04. The molecule has 0 radical (unpaired) electrons. The summed E-state index contributed by atoms with van der Waals surface area (Å²) < 4.78 is 18.1. The van der Waals surface area contributed by atoms with Crippen LogP contribution in [0.1, 0.15) is 41.0 Å². The minimum absolute atomic E-state index is 0.196. The summed E-state index contributed by atoms with van der Waals surface area (Å²) in [6.45, 7) is 1.41.